The van der Waals surface area contributed by atoms with Gasteiger partial charge in [0.1, 0.15) is 10.8 Å². The highest BCUT2D eigenvalue weighted by Crippen LogP contribution is 2.41. The first-order valence-corrected chi connectivity index (χ1v) is 9.36. The number of methoxy groups -OCH3 is 1. The van der Waals surface area contributed by atoms with Gasteiger partial charge in [0.25, 0.3) is 0 Å². The molecule has 2 aromatic rings. The Morgan fingerprint density at radius 3 is 2.78 bits per heavy atom. The molecule has 1 unspecified atom stereocenters. The van der Waals surface area contributed by atoms with Crippen molar-refractivity contribution in [2.45, 2.75) is 31.9 Å². The minimum absolute atomic E-state index is 0.216. The summed E-state index contributed by atoms with van der Waals surface area (Å²) in [5.74, 6) is 1.41. The molecular formula is C18H19Cl2NOS. The van der Waals surface area contributed by atoms with E-state index in [0.717, 1.165) is 17.0 Å². The zero-order valence-electron chi connectivity index (χ0n) is 13.4. The number of allylic oxidation sites excluding steroid dienone is 1. The van der Waals surface area contributed by atoms with E-state index in [1.54, 1.807) is 18.9 Å². The molecule has 1 atom stereocenters. The summed E-state index contributed by atoms with van der Waals surface area (Å²) >= 11 is 14.6. The van der Waals surface area contributed by atoms with Crippen LogP contribution in [-0.4, -0.2) is 12.1 Å². The van der Waals surface area contributed by atoms with Crippen LogP contribution in [0.2, 0.25) is 10.0 Å². The first-order chi connectivity index (χ1) is 11.0. The molecule has 1 heterocycles. The third-order valence-electron chi connectivity index (χ3n) is 4.17. The molecular weight excluding hydrogens is 349 g/mol. The number of halogens is 2. The van der Waals surface area contributed by atoms with Gasteiger partial charge < -0.3 is 4.74 Å². The normalized spacial score (nSPS) is 16.7. The van der Waals surface area contributed by atoms with E-state index in [-0.39, 0.29) is 5.25 Å². The molecule has 1 aliphatic rings. The molecule has 5 heteroatoms. The van der Waals surface area contributed by atoms with Crippen LogP contribution >= 0.6 is 35.0 Å². The number of fused-ring (bicyclic) bond motifs is 1. The summed E-state index contributed by atoms with van der Waals surface area (Å²) in [5, 5.41) is 4.51. The van der Waals surface area contributed by atoms with E-state index in [1.807, 2.05) is 18.2 Å². The summed E-state index contributed by atoms with van der Waals surface area (Å²) in [6.07, 6.45) is 2.65. The number of hydrogen-bond donors (Lipinski definition) is 0. The van der Waals surface area contributed by atoms with Crippen LogP contribution in [0.5, 0.6) is 5.75 Å². The third-order valence-corrected chi connectivity index (χ3v) is 6.00. The molecule has 1 fully saturated rings. The van der Waals surface area contributed by atoms with Gasteiger partial charge in [-0.15, -0.1) is 11.8 Å². The van der Waals surface area contributed by atoms with Gasteiger partial charge in [0.15, 0.2) is 0 Å². The van der Waals surface area contributed by atoms with Gasteiger partial charge in [-0.3, -0.25) is 0 Å². The Morgan fingerprint density at radius 2 is 2.13 bits per heavy atom. The van der Waals surface area contributed by atoms with Crippen LogP contribution < -0.4 is 4.74 Å². The van der Waals surface area contributed by atoms with Crippen molar-refractivity contribution >= 4 is 45.9 Å². The van der Waals surface area contributed by atoms with Crippen LogP contribution in [0.1, 0.15) is 37.6 Å². The van der Waals surface area contributed by atoms with Crippen LogP contribution in [0.4, 0.5) is 0 Å². The van der Waals surface area contributed by atoms with E-state index in [4.69, 9.17) is 32.9 Å². The minimum Gasteiger partial charge on any atom is -0.495 e. The molecule has 2 nitrogen and oxygen atoms in total. The van der Waals surface area contributed by atoms with Crippen molar-refractivity contribution in [2.75, 3.05) is 7.11 Å². The maximum atomic E-state index is 6.43. The molecule has 1 aromatic heterocycles. The molecule has 0 amide bonds. The monoisotopic (exact) mass is 367 g/mol. The third kappa shape index (κ3) is 3.62. The fourth-order valence-electron chi connectivity index (χ4n) is 2.50. The predicted octanol–water partition coefficient (Wildman–Crippen LogP) is 6.66. The van der Waals surface area contributed by atoms with Gasteiger partial charge in [-0.2, -0.15) is 0 Å². The Bertz CT molecular complexity index is 771. The quantitative estimate of drug-likeness (QED) is 0.589. The van der Waals surface area contributed by atoms with E-state index in [1.165, 1.54) is 18.4 Å². The van der Waals surface area contributed by atoms with E-state index in [0.29, 0.717) is 21.3 Å². The fraction of sp³-hybridized carbons (Fsp3) is 0.389. The summed E-state index contributed by atoms with van der Waals surface area (Å²) in [7, 11) is 1.60. The van der Waals surface area contributed by atoms with Crippen LogP contribution in [0.3, 0.4) is 0 Å². The molecule has 0 N–H and O–H groups in total. The number of nitrogens with zero attached hydrogens (tertiary/aromatic N) is 1. The Labute approximate surface area is 151 Å². The summed E-state index contributed by atoms with van der Waals surface area (Å²) in [6, 6.07) is 5.65. The van der Waals surface area contributed by atoms with Gasteiger partial charge in [-0.25, -0.2) is 4.98 Å². The van der Waals surface area contributed by atoms with Gasteiger partial charge in [-0.1, -0.05) is 28.8 Å². The maximum Gasteiger partial charge on any atom is 0.139 e. The van der Waals surface area contributed by atoms with Crippen LogP contribution in [0, 0.1) is 5.92 Å². The lowest BCUT2D eigenvalue weighted by Gasteiger charge is -2.13. The molecule has 0 saturated heterocycles. The van der Waals surface area contributed by atoms with E-state index >= 15 is 0 Å². The van der Waals surface area contributed by atoms with Crippen molar-refractivity contribution in [3.63, 3.8) is 0 Å². The lowest BCUT2D eigenvalue weighted by molar-refractivity contribution is 0.415. The highest BCUT2D eigenvalue weighted by atomic mass is 35.5. The number of rotatable bonds is 5. The second-order valence-electron chi connectivity index (χ2n) is 5.92. The zero-order chi connectivity index (χ0) is 16.6. The molecule has 0 radical (unpaired) electrons. The lowest BCUT2D eigenvalue weighted by Crippen LogP contribution is -1.95. The highest BCUT2D eigenvalue weighted by Gasteiger charge is 2.23. The minimum atomic E-state index is 0.216. The van der Waals surface area contributed by atoms with E-state index < -0.39 is 0 Å². The molecule has 1 aliphatic carbocycles. The van der Waals surface area contributed by atoms with E-state index in [9.17, 15) is 0 Å². The van der Waals surface area contributed by atoms with Crippen LogP contribution in [0.25, 0.3) is 10.9 Å². The standard InChI is InChI=1S/C18H19Cl2NOS/c1-10(12-4-5-12)9-23-11(2)15-8-14(19)13-6-7-16(22-3)17(20)18(13)21-15/h6-9,11-12H,4-5H2,1-3H3/b10-9+. The summed E-state index contributed by atoms with van der Waals surface area (Å²) in [5.41, 5.74) is 3.10. The SMILES string of the molecule is COc1ccc2c(Cl)cc(C(C)S/C=C(\C)C3CC3)nc2c1Cl. The average Bonchev–Trinajstić information content (AvgIpc) is 3.38. The second kappa shape index (κ2) is 6.92. The smallest absolute Gasteiger partial charge is 0.139 e. The van der Waals surface area contributed by atoms with Crippen molar-refractivity contribution in [1.29, 1.82) is 0 Å². The van der Waals surface area contributed by atoms with Crippen molar-refractivity contribution in [3.8, 4) is 5.75 Å². The van der Waals surface area contributed by atoms with Crippen molar-refractivity contribution < 1.29 is 4.74 Å². The first kappa shape index (κ1) is 16.9. The number of aromatic nitrogens is 1. The topological polar surface area (TPSA) is 22.1 Å². The predicted molar refractivity (Wildman–Crippen MR) is 101 cm³/mol. The molecule has 122 valence electrons. The Hall–Kier alpha value is -0.900. The van der Waals surface area contributed by atoms with E-state index in [2.05, 4.69) is 19.3 Å². The molecule has 0 bridgehead atoms. The largest absolute Gasteiger partial charge is 0.495 e. The number of thioether (sulfide) groups is 1. The zero-order valence-corrected chi connectivity index (χ0v) is 15.7. The van der Waals surface area contributed by atoms with Crippen LogP contribution in [-0.2, 0) is 0 Å². The van der Waals surface area contributed by atoms with Gasteiger partial charge in [0, 0.05) is 10.6 Å². The average molecular weight is 368 g/mol. The Kier molecular flexibility index (Phi) is 5.10. The summed E-state index contributed by atoms with van der Waals surface area (Å²) in [6.45, 7) is 4.35. The Balaban J connectivity index is 1.94. The summed E-state index contributed by atoms with van der Waals surface area (Å²) in [4.78, 5) is 4.74. The molecule has 0 spiro atoms. The lowest BCUT2D eigenvalue weighted by atomic mass is 10.1. The molecule has 23 heavy (non-hydrogen) atoms. The van der Waals surface area contributed by atoms with Gasteiger partial charge in [0.2, 0.25) is 0 Å². The molecule has 1 aromatic carbocycles. The molecule has 0 aliphatic heterocycles. The second-order valence-corrected chi connectivity index (χ2v) is 7.92. The van der Waals surface area contributed by atoms with Gasteiger partial charge in [-0.05, 0) is 56.2 Å². The van der Waals surface area contributed by atoms with Crippen molar-refractivity contribution in [3.05, 3.63) is 44.9 Å². The number of hydrogen-bond acceptors (Lipinski definition) is 3. The van der Waals surface area contributed by atoms with Gasteiger partial charge in [0.05, 0.1) is 23.3 Å². The molecule has 1 saturated carbocycles. The number of ether oxygens (including phenoxy) is 1. The first-order valence-electron chi connectivity index (χ1n) is 7.66. The van der Waals surface area contributed by atoms with Crippen molar-refractivity contribution in [1.82, 2.24) is 4.98 Å². The fourth-order valence-corrected chi connectivity index (χ4v) is 3.92. The highest BCUT2D eigenvalue weighted by molar-refractivity contribution is 8.02. The van der Waals surface area contributed by atoms with Gasteiger partial charge >= 0.3 is 0 Å². The number of benzene rings is 1. The van der Waals surface area contributed by atoms with Crippen molar-refractivity contribution in [2.24, 2.45) is 5.92 Å². The molecule has 3 rings (SSSR count). The number of pyridine rings is 1. The Morgan fingerprint density at radius 1 is 1.39 bits per heavy atom. The van der Waals surface area contributed by atoms with Crippen LogP contribution in [0.15, 0.2) is 29.2 Å². The summed E-state index contributed by atoms with van der Waals surface area (Å²) < 4.78 is 5.28. The maximum absolute atomic E-state index is 6.43.